The summed E-state index contributed by atoms with van der Waals surface area (Å²) in [6.07, 6.45) is 1.38. The fraction of sp³-hybridized carbons (Fsp3) is 0.200. The fourth-order valence-electron chi connectivity index (χ4n) is 1.98. The first kappa shape index (κ1) is 13.1. The first-order chi connectivity index (χ1) is 8.99. The first-order valence-electron chi connectivity index (χ1n) is 6.02. The predicted molar refractivity (Wildman–Crippen MR) is 75.1 cm³/mol. The van der Waals surface area contributed by atoms with Gasteiger partial charge in [-0.25, -0.2) is 4.79 Å². The van der Waals surface area contributed by atoms with E-state index in [1.165, 1.54) is 6.20 Å². The third kappa shape index (κ3) is 2.73. The highest BCUT2D eigenvalue weighted by molar-refractivity contribution is 5.95. The highest BCUT2D eigenvalue weighted by atomic mass is 16.4. The van der Waals surface area contributed by atoms with Crippen molar-refractivity contribution < 1.29 is 9.90 Å². The maximum atomic E-state index is 11.2. The van der Waals surface area contributed by atoms with E-state index in [0.717, 1.165) is 22.5 Å². The number of nitrogens with zero attached hydrogens (tertiary/aromatic N) is 1. The quantitative estimate of drug-likeness (QED) is 0.883. The molecule has 0 amide bonds. The smallest absolute Gasteiger partial charge is 0.339 e. The number of anilines is 2. The summed E-state index contributed by atoms with van der Waals surface area (Å²) in [7, 11) is 0. The molecular weight excluding hydrogens is 240 g/mol. The fourth-order valence-corrected chi connectivity index (χ4v) is 1.98. The van der Waals surface area contributed by atoms with Gasteiger partial charge in [0.2, 0.25) is 0 Å². The largest absolute Gasteiger partial charge is 0.478 e. The number of nitrogens with one attached hydrogen (secondary N) is 1. The number of hydrogen-bond acceptors (Lipinski definition) is 3. The molecule has 1 heterocycles. The van der Waals surface area contributed by atoms with Crippen molar-refractivity contribution in [3.8, 4) is 0 Å². The standard InChI is InChI=1S/C15H16N2O2/c1-9-5-4-6-10(2)14(9)17-13-7-11(3)16-8-12(13)15(18)19/h4-8H,1-3H3,(H,16,17)(H,18,19). The van der Waals surface area contributed by atoms with Gasteiger partial charge in [-0.15, -0.1) is 0 Å². The maximum absolute atomic E-state index is 11.2. The summed E-state index contributed by atoms with van der Waals surface area (Å²) in [5.74, 6) is -0.985. The lowest BCUT2D eigenvalue weighted by atomic mass is 10.1. The van der Waals surface area contributed by atoms with Crippen molar-refractivity contribution in [3.05, 3.63) is 52.8 Å². The number of hydrogen-bond donors (Lipinski definition) is 2. The lowest BCUT2D eigenvalue weighted by Gasteiger charge is -2.14. The minimum absolute atomic E-state index is 0.174. The van der Waals surface area contributed by atoms with Crippen LogP contribution >= 0.6 is 0 Å². The van der Waals surface area contributed by atoms with Crippen LogP contribution in [-0.4, -0.2) is 16.1 Å². The van der Waals surface area contributed by atoms with Crippen LogP contribution in [0.1, 0.15) is 27.2 Å². The summed E-state index contributed by atoms with van der Waals surface area (Å²) in [5, 5.41) is 12.4. The molecule has 4 heteroatoms. The van der Waals surface area contributed by atoms with Crippen LogP contribution in [0.3, 0.4) is 0 Å². The Morgan fingerprint density at radius 1 is 1.21 bits per heavy atom. The number of aromatic nitrogens is 1. The second-order valence-corrected chi connectivity index (χ2v) is 4.57. The van der Waals surface area contributed by atoms with Gasteiger partial charge in [0.15, 0.2) is 0 Å². The van der Waals surface area contributed by atoms with E-state index in [9.17, 15) is 9.90 Å². The summed E-state index contributed by atoms with van der Waals surface area (Å²) >= 11 is 0. The number of carboxylic acid groups (broad SMARTS) is 1. The van der Waals surface area contributed by atoms with Gasteiger partial charge in [0.05, 0.1) is 5.69 Å². The van der Waals surface area contributed by atoms with Crippen LogP contribution in [0.4, 0.5) is 11.4 Å². The van der Waals surface area contributed by atoms with Gasteiger partial charge in [0.1, 0.15) is 5.56 Å². The highest BCUT2D eigenvalue weighted by Crippen LogP contribution is 2.26. The normalized spacial score (nSPS) is 10.3. The Hall–Kier alpha value is -2.36. The van der Waals surface area contributed by atoms with Gasteiger partial charge in [-0.05, 0) is 38.0 Å². The van der Waals surface area contributed by atoms with Crippen molar-refractivity contribution >= 4 is 17.3 Å². The summed E-state index contributed by atoms with van der Waals surface area (Å²) in [6.45, 7) is 5.81. The predicted octanol–water partition coefficient (Wildman–Crippen LogP) is 3.45. The molecule has 0 radical (unpaired) electrons. The third-order valence-electron chi connectivity index (χ3n) is 3.01. The minimum Gasteiger partial charge on any atom is -0.478 e. The topological polar surface area (TPSA) is 62.2 Å². The van der Waals surface area contributed by atoms with Gasteiger partial charge in [0.25, 0.3) is 0 Å². The maximum Gasteiger partial charge on any atom is 0.339 e. The molecule has 1 aromatic carbocycles. The van der Waals surface area contributed by atoms with Crippen LogP contribution in [0.2, 0.25) is 0 Å². The van der Waals surface area contributed by atoms with E-state index in [1.807, 2.05) is 39.0 Å². The molecule has 4 nitrogen and oxygen atoms in total. The second kappa shape index (κ2) is 5.10. The molecule has 0 unspecified atom stereocenters. The number of aromatic carboxylic acids is 1. The average Bonchev–Trinajstić information content (AvgIpc) is 2.33. The minimum atomic E-state index is -0.985. The molecule has 1 aromatic heterocycles. The van der Waals surface area contributed by atoms with E-state index in [-0.39, 0.29) is 5.56 Å². The van der Waals surface area contributed by atoms with Crippen molar-refractivity contribution in [2.45, 2.75) is 20.8 Å². The summed E-state index contributed by atoms with van der Waals surface area (Å²) < 4.78 is 0. The van der Waals surface area contributed by atoms with Crippen molar-refractivity contribution in [2.24, 2.45) is 0 Å². The zero-order chi connectivity index (χ0) is 14.0. The van der Waals surface area contributed by atoms with Gasteiger partial charge in [-0.3, -0.25) is 4.98 Å². The number of rotatable bonds is 3. The molecule has 0 aliphatic carbocycles. The zero-order valence-electron chi connectivity index (χ0n) is 11.2. The molecule has 0 bridgehead atoms. The van der Waals surface area contributed by atoms with E-state index in [1.54, 1.807) is 6.07 Å². The van der Waals surface area contributed by atoms with E-state index < -0.39 is 5.97 Å². The lowest BCUT2D eigenvalue weighted by molar-refractivity contribution is 0.0697. The van der Waals surface area contributed by atoms with Crippen LogP contribution in [0.15, 0.2) is 30.5 Å². The van der Waals surface area contributed by atoms with E-state index in [4.69, 9.17) is 0 Å². The Labute approximate surface area is 112 Å². The number of para-hydroxylation sites is 1. The van der Waals surface area contributed by atoms with Gasteiger partial charge in [0, 0.05) is 17.6 Å². The molecule has 0 aliphatic heterocycles. The molecule has 2 aromatic rings. The number of aryl methyl sites for hydroxylation is 3. The Bertz CT molecular complexity index is 616. The Morgan fingerprint density at radius 2 is 1.84 bits per heavy atom. The number of carbonyl (C=O) groups is 1. The number of pyridine rings is 1. The molecule has 0 atom stereocenters. The van der Waals surface area contributed by atoms with Crippen LogP contribution in [0.5, 0.6) is 0 Å². The molecule has 2 N–H and O–H groups in total. The van der Waals surface area contributed by atoms with Crippen molar-refractivity contribution in [1.29, 1.82) is 0 Å². The van der Waals surface area contributed by atoms with Crippen LogP contribution in [0, 0.1) is 20.8 Å². The monoisotopic (exact) mass is 256 g/mol. The summed E-state index contributed by atoms with van der Waals surface area (Å²) in [5.41, 5.74) is 4.61. The van der Waals surface area contributed by atoms with Crippen LogP contribution < -0.4 is 5.32 Å². The van der Waals surface area contributed by atoms with Gasteiger partial charge in [-0.2, -0.15) is 0 Å². The van der Waals surface area contributed by atoms with E-state index in [0.29, 0.717) is 5.69 Å². The number of carboxylic acids is 1. The molecule has 19 heavy (non-hydrogen) atoms. The zero-order valence-corrected chi connectivity index (χ0v) is 11.2. The Balaban J connectivity index is 2.49. The number of benzene rings is 1. The highest BCUT2D eigenvalue weighted by Gasteiger charge is 2.12. The summed E-state index contributed by atoms with van der Waals surface area (Å²) in [4.78, 5) is 15.2. The molecule has 0 saturated heterocycles. The molecule has 0 fully saturated rings. The molecule has 0 aliphatic rings. The lowest BCUT2D eigenvalue weighted by Crippen LogP contribution is -2.05. The van der Waals surface area contributed by atoms with E-state index >= 15 is 0 Å². The molecule has 2 rings (SSSR count). The second-order valence-electron chi connectivity index (χ2n) is 4.57. The molecular formula is C15H16N2O2. The first-order valence-corrected chi connectivity index (χ1v) is 6.02. The SMILES string of the molecule is Cc1cc(Nc2c(C)cccc2C)c(C(=O)O)cn1. The Morgan fingerprint density at radius 3 is 2.42 bits per heavy atom. The van der Waals surface area contributed by atoms with Gasteiger partial charge < -0.3 is 10.4 Å². The summed E-state index contributed by atoms with van der Waals surface area (Å²) in [6, 6.07) is 7.70. The van der Waals surface area contributed by atoms with Crippen molar-refractivity contribution in [1.82, 2.24) is 4.98 Å². The van der Waals surface area contributed by atoms with E-state index in [2.05, 4.69) is 10.3 Å². The molecule has 0 spiro atoms. The van der Waals surface area contributed by atoms with Crippen LogP contribution in [0.25, 0.3) is 0 Å². The third-order valence-corrected chi connectivity index (χ3v) is 3.01. The average molecular weight is 256 g/mol. The molecule has 98 valence electrons. The van der Waals surface area contributed by atoms with Gasteiger partial charge >= 0.3 is 5.97 Å². The molecule has 0 saturated carbocycles. The van der Waals surface area contributed by atoms with Crippen molar-refractivity contribution in [2.75, 3.05) is 5.32 Å². The van der Waals surface area contributed by atoms with Crippen molar-refractivity contribution in [3.63, 3.8) is 0 Å². The van der Waals surface area contributed by atoms with Gasteiger partial charge in [-0.1, -0.05) is 18.2 Å². The Kier molecular flexibility index (Phi) is 3.51. The van der Waals surface area contributed by atoms with Crippen LogP contribution in [-0.2, 0) is 0 Å².